The van der Waals surface area contributed by atoms with Crippen molar-refractivity contribution < 1.29 is 4.79 Å². The van der Waals surface area contributed by atoms with Gasteiger partial charge in [-0.05, 0) is 24.1 Å². The molecule has 1 aliphatic rings. The van der Waals surface area contributed by atoms with Crippen LogP contribution in [0.25, 0.3) is 0 Å². The molecule has 0 spiro atoms. The summed E-state index contributed by atoms with van der Waals surface area (Å²) >= 11 is 0. The monoisotopic (exact) mass is 282 g/mol. The lowest BCUT2D eigenvalue weighted by Gasteiger charge is -2.16. The number of amides is 1. The Labute approximate surface area is 123 Å². The molecular weight excluding hydrogens is 264 g/mol. The fourth-order valence-electron chi connectivity index (χ4n) is 2.73. The van der Waals surface area contributed by atoms with E-state index in [1.807, 2.05) is 23.1 Å². The molecule has 1 aliphatic heterocycles. The smallest absolute Gasteiger partial charge is 0.255 e. The zero-order chi connectivity index (χ0) is 14.7. The molecule has 1 unspecified atom stereocenters. The Morgan fingerprint density at radius 2 is 2.05 bits per heavy atom. The van der Waals surface area contributed by atoms with Crippen molar-refractivity contribution in [1.29, 1.82) is 0 Å². The Morgan fingerprint density at radius 1 is 1.24 bits per heavy atom. The summed E-state index contributed by atoms with van der Waals surface area (Å²) in [7, 11) is 0. The summed E-state index contributed by atoms with van der Waals surface area (Å²) < 4.78 is 0. The summed E-state index contributed by atoms with van der Waals surface area (Å²) in [5.41, 5.74) is 4.35. The van der Waals surface area contributed by atoms with Crippen LogP contribution in [0.5, 0.6) is 0 Å². The number of pyridine rings is 1. The predicted molar refractivity (Wildman–Crippen MR) is 81.8 cm³/mol. The van der Waals surface area contributed by atoms with Crippen molar-refractivity contribution in [3.8, 4) is 0 Å². The standard InChI is InChI=1S/C16H18N4O/c17-19-15-7-6-13(10-18-15)16(21)20-9-8-14(11-20)12-4-2-1-3-5-12/h1-7,10,14H,8-9,11,17H2,(H,18,19). The zero-order valence-electron chi connectivity index (χ0n) is 11.7. The van der Waals surface area contributed by atoms with Gasteiger partial charge in [0.2, 0.25) is 0 Å². The van der Waals surface area contributed by atoms with Gasteiger partial charge in [-0.3, -0.25) is 4.79 Å². The molecule has 3 N–H and O–H groups in total. The number of nitrogens with zero attached hydrogens (tertiary/aromatic N) is 2. The van der Waals surface area contributed by atoms with Gasteiger partial charge in [0.25, 0.3) is 5.91 Å². The molecule has 3 rings (SSSR count). The fourth-order valence-corrected chi connectivity index (χ4v) is 2.73. The van der Waals surface area contributed by atoms with Crippen LogP contribution in [0.3, 0.4) is 0 Å². The Bertz CT molecular complexity index is 612. The number of nitrogens with one attached hydrogen (secondary N) is 1. The third-order valence-corrected chi connectivity index (χ3v) is 3.90. The lowest BCUT2D eigenvalue weighted by atomic mass is 9.99. The molecule has 2 aromatic rings. The number of likely N-dealkylation sites (tertiary alicyclic amines) is 1. The van der Waals surface area contributed by atoms with Crippen molar-refractivity contribution in [3.05, 3.63) is 59.8 Å². The van der Waals surface area contributed by atoms with E-state index >= 15 is 0 Å². The molecule has 1 amide bonds. The number of hydrogen-bond acceptors (Lipinski definition) is 4. The van der Waals surface area contributed by atoms with E-state index in [9.17, 15) is 4.79 Å². The van der Waals surface area contributed by atoms with Crippen molar-refractivity contribution in [2.75, 3.05) is 18.5 Å². The van der Waals surface area contributed by atoms with Crippen molar-refractivity contribution >= 4 is 11.7 Å². The highest BCUT2D eigenvalue weighted by atomic mass is 16.2. The van der Waals surface area contributed by atoms with Gasteiger partial charge in [-0.15, -0.1) is 0 Å². The Kier molecular flexibility index (Phi) is 3.83. The molecule has 1 fully saturated rings. The van der Waals surface area contributed by atoms with Gasteiger partial charge in [0.15, 0.2) is 0 Å². The number of nitrogen functional groups attached to an aromatic ring is 1. The van der Waals surface area contributed by atoms with Crippen LogP contribution < -0.4 is 11.3 Å². The molecule has 0 radical (unpaired) electrons. The summed E-state index contributed by atoms with van der Waals surface area (Å²) in [6.07, 6.45) is 2.57. The number of rotatable bonds is 3. The third-order valence-electron chi connectivity index (χ3n) is 3.90. The maximum atomic E-state index is 12.5. The molecule has 21 heavy (non-hydrogen) atoms. The van der Waals surface area contributed by atoms with Gasteiger partial charge >= 0.3 is 0 Å². The van der Waals surface area contributed by atoms with Crippen molar-refractivity contribution in [2.24, 2.45) is 5.84 Å². The molecule has 1 saturated heterocycles. The van der Waals surface area contributed by atoms with Crippen LogP contribution in [0.1, 0.15) is 28.3 Å². The highest BCUT2D eigenvalue weighted by molar-refractivity contribution is 5.94. The molecule has 108 valence electrons. The fraction of sp³-hybridized carbons (Fsp3) is 0.250. The first-order valence-electron chi connectivity index (χ1n) is 7.05. The maximum Gasteiger partial charge on any atom is 0.255 e. The quantitative estimate of drug-likeness (QED) is 0.667. The van der Waals surface area contributed by atoms with Crippen molar-refractivity contribution in [3.63, 3.8) is 0 Å². The molecule has 0 saturated carbocycles. The topological polar surface area (TPSA) is 71.2 Å². The van der Waals surface area contributed by atoms with Crippen LogP contribution in [0.15, 0.2) is 48.7 Å². The molecule has 0 aliphatic carbocycles. The second kappa shape index (κ2) is 5.93. The Balaban J connectivity index is 1.69. The SMILES string of the molecule is NNc1ccc(C(=O)N2CCC(c3ccccc3)C2)cn1. The normalized spacial score (nSPS) is 17.8. The van der Waals surface area contributed by atoms with Crippen LogP contribution in [-0.2, 0) is 0 Å². The van der Waals surface area contributed by atoms with E-state index in [2.05, 4.69) is 22.5 Å². The first kappa shape index (κ1) is 13.6. The number of anilines is 1. The first-order chi connectivity index (χ1) is 10.3. The molecule has 1 aromatic carbocycles. The molecular formula is C16H18N4O. The van der Waals surface area contributed by atoms with Crippen LogP contribution in [0.2, 0.25) is 0 Å². The Hall–Kier alpha value is -2.40. The summed E-state index contributed by atoms with van der Waals surface area (Å²) in [6.45, 7) is 1.55. The number of carbonyl (C=O) groups excluding carboxylic acids is 1. The van der Waals surface area contributed by atoms with E-state index in [0.29, 0.717) is 17.3 Å². The summed E-state index contributed by atoms with van der Waals surface area (Å²) in [6, 6.07) is 13.8. The van der Waals surface area contributed by atoms with Crippen LogP contribution in [0.4, 0.5) is 5.82 Å². The van der Waals surface area contributed by atoms with E-state index in [4.69, 9.17) is 5.84 Å². The number of carbonyl (C=O) groups is 1. The van der Waals surface area contributed by atoms with Gasteiger partial charge in [-0.25, -0.2) is 10.8 Å². The van der Waals surface area contributed by atoms with E-state index in [0.717, 1.165) is 19.5 Å². The van der Waals surface area contributed by atoms with Gasteiger partial charge in [-0.1, -0.05) is 30.3 Å². The summed E-state index contributed by atoms with van der Waals surface area (Å²) in [5.74, 6) is 6.28. The second-order valence-corrected chi connectivity index (χ2v) is 5.22. The lowest BCUT2D eigenvalue weighted by Crippen LogP contribution is -2.28. The van der Waals surface area contributed by atoms with Crippen LogP contribution in [-0.4, -0.2) is 28.9 Å². The average molecular weight is 282 g/mol. The van der Waals surface area contributed by atoms with E-state index in [1.54, 1.807) is 18.3 Å². The molecule has 5 heteroatoms. The van der Waals surface area contributed by atoms with E-state index < -0.39 is 0 Å². The third kappa shape index (κ3) is 2.87. The predicted octanol–water partition coefficient (Wildman–Crippen LogP) is 2.00. The summed E-state index contributed by atoms with van der Waals surface area (Å²) in [5, 5.41) is 0. The highest BCUT2D eigenvalue weighted by Crippen LogP contribution is 2.27. The molecule has 1 atom stereocenters. The lowest BCUT2D eigenvalue weighted by molar-refractivity contribution is 0.0790. The van der Waals surface area contributed by atoms with E-state index in [1.165, 1.54) is 5.56 Å². The highest BCUT2D eigenvalue weighted by Gasteiger charge is 2.27. The maximum absolute atomic E-state index is 12.5. The summed E-state index contributed by atoms with van der Waals surface area (Å²) in [4.78, 5) is 18.4. The number of aromatic nitrogens is 1. The first-order valence-corrected chi connectivity index (χ1v) is 7.05. The minimum Gasteiger partial charge on any atom is -0.338 e. The van der Waals surface area contributed by atoms with Crippen LogP contribution >= 0.6 is 0 Å². The van der Waals surface area contributed by atoms with Gasteiger partial charge in [0, 0.05) is 25.2 Å². The minimum absolute atomic E-state index is 0.0319. The Morgan fingerprint density at radius 3 is 2.71 bits per heavy atom. The van der Waals surface area contributed by atoms with Crippen molar-refractivity contribution in [1.82, 2.24) is 9.88 Å². The molecule has 2 heterocycles. The minimum atomic E-state index is 0.0319. The van der Waals surface area contributed by atoms with Gasteiger partial charge in [0.1, 0.15) is 5.82 Å². The van der Waals surface area contributed by atoms with Gasteiger partial charge in [-0.2, -0.15) is 0 Å². The molecule has 0 bridgehead atoms. The zero-order valence-corrected chi connectivity index (χ0v) is 11.7. The van der Waals surface area contributed by atoms with E-state index in [-0.39, 0.29) is 5.91 Å². The van der Waals surface area contributed by atoms with Gasteiger partial charge < -0.3 is 10.3 Å². The molecule has 5 nitrogen and oxygen atoms in total. The number of hydrazine groups is 1. The van der Waals surface area contributed by atoms with Gasteiger partial charge in [0.05, 0.1) is 5.56 Å². The largest absolute Gasteiger partial charge is 0.338 e. The second-order valence-electron chi connectivity index (χ2n) is 5.22. The average Bonchev–Trinajstić information content (AvgIpc) is 3.05. The number of hydrogen-bond donors (Lipinski definition) is 2. The van der Waals surface area contributed by atoms with Crippen LogP contribution in [0, 0.1) is 0 Å². The van der Waals surface area contributed by atoms with Crippen molar-refractivity contribution in [2.45, 2.75) is 12.3 Å². The number of benzene rings is 1. The molecule has 1 aromatic heterocycles. The number of nitrogens with two attached hydrogens (primary N) is 1.